The summed E-state index contributed by atoms with van der Waals surface area (Å²) in [6, 6.07) is 2.69. The van der Waals surface area contributed by atoms with Crippen LogP contribution in [0.2, 0.25) is 5.02 Å². The molecule has 1 aromatic rings. The van der Waals surface area contributed by atoms with Crippen LogP contribution in [-0.4, -0.2) is 98.0 Å². The molecule has 3 aliphatic heterocycles. The van der Waals surface area contributed by atoms with Crippen LogP contribution in [0.15, 0.2) is 35.9 Å². The molecule has 13 nitrogen and oxygen atoms in total. The predicted octanol–water partition coefficient (Wildman–Crippen LogP) is 5.57. The first kappa shape index (κ1) is 41.5. The van der Waals surface area contributed by atoms with Crippen LogP contribution in [0.5, 0.6) is 5.75 Å². The van der Waals surface area contributed by atoms with Gasteiger partial charge in [0.05, 0.1) is 32.4 Å². The van der Waals surface area contributed by atoms with E-state index in [1.165, 1.54) is 31.1 Å². The molecule has 1 N–H and O–H groups in total. The number of amides is 3. The second kappa shape index (κ2) is 17.2. The summed E-state index contributed by atoms with van der Waals surface area (Å²) >= 11 is 11.1. The molecule has 3 amide bonds. The second-order valence-electron chi connectivity index (χ2n) is 14.2. The Labute approximate surface area is 316 Å². The number of alkyl carbamates (subject to hydrolysis) is 1. The number of likely N-dealkylation sites (N-methyl/N-ethyl adjacent to an activating group) is 1. The molecule has 0 spiro atoms. The van der Waals surface area contributed by atoms with Crippen LogP contribution in [0.1, 0.15) is 72.3 Å². The molecule has 3 aliphatic rings. The van der Waals surface area contributed by atoms with Crippen LogP contribution < -0.4 is 15.0 Å². The first-order valence-electron chi connectivity index (χ1n) is 17.4. The SMILES string of the molecule is COO[C@]12C/C=C/C=C(\C)Cc3cc(OC)c(Cl)c(c3)N(C)C(=O)C[C@H](OC(=O)[C@H](C)N(C)C(=O)CCC(C)S)[C@]3(C)O[C@H]3[C@H](C)C(C1)OC(=O)N2. The van der Waals surface area contributed by atoms with Crippen LogP contribution in [-0.2, 0) is 44.8 Å². The number of carbonyl (C=O) groups excluding carboxylic acids is 4. The van der Waals surface area contributed by atoms with E-state index < -0.39 is 59.6 Å². The lowest BCUT2D eigenvalue weighted by atomic mass is 9.84. The molecule has 2 saturated heterocycles. The highest BCUT2D eigenvalue weighted by Gasteiger charge is 2.64. The minimum absolute atomic E-state index is 0.0155. The number of hydrogen-bond donors (Lipinski definition) is 2. The Morgan fingerprint density at radius 2 is 1.94 bits per heavy atom. The minimum atomic E-state index is -1.24. The average molecular weight is 766 g/mol. The summed E-state index contributed by atoms with van der Waals surface area (Å²) in [4.78, 5) is 67.2. The highest BCUT2D eigenvalue weighted by Crippen LogP contribution is 2.49. The quantitative estimate of drug-likeness (QED) is 0.108. The van der Waals surface area contributed by atoms with Crippen LogP contribution in [0, 0.1) is 5.92 Å². The monoisotopic (exact) mass is 765 g/mol. The number of ether oxygens (including phenoxy) is 4. The number of methoxy groups -OCH3 is 1. The molecule has 15 heteroatoms. The lowest BCUT2D eigenvalue weighted by molar-refractivity contribution is -0.360. The van der Waals surface area contributed by atoms with Gasteiger partial charge in [0, 0.05) is 39.3 Å². The maximum atomic E-state index is 14.1. The van der Waals surface area contributed by atoms with Crippen LogP contribution in [0.4, 0.5) is 10.5 Å². The molecule has 0 radical (unpaired) electrons. The summed E-state index contributed by atoms with van der Waals surface area (Å²) in [6.07, 6.45) is 4.09. The van der Waals surface area contributed by atoms with E-state index in [1.807, 2.05) is 51.1 Å². The summed E-state index contributed by atoms with van der Waals surface area (Å²) < 4.78 is 23.7. The first-order chi connectivity index (χ1) is 24.4. The number of esters is 1. The average Bonchev–Trinajstić information content (AvgIpc) is 3.79. The Morgan fingerprint density at radius 3 is 2.60 bits per heavy atom. The topological polar surface area (TPSA) is 145 Å². The van der Waals surface area contributed by atoms with E-state index >= 15 is 0 Å². The molecule has 0 aliphatic carbocycles. The smallest absolute Gasteiger partial charge is 0.409 e. The van der Waals surface area contributed by atoms with Crippen molar-refractivity contribution in [2.45, 2.75) is 114 Å². The summed E-state index contributed by atoms with van der Waals surface area (Å²) in [7, 11) is 6.00. The van der Waals surface area contributed by atoms with E-state index in [2.05, 4.69) is 17.9 Å². The number of halogens is 1. The van der Waals surface area contributed by atoms with Gasteiger partial charge in [-0.05, 0) is 56.6 Å². The molecule has 52 heavy (non-hydrogen) atoms. The van der Waals surface area contributed by atoms with Crippen molar-refractivity contribution in [2.24, 2.45) is 5.92 Å². The van der Waals surface area contributed by atoms with E-state index in [0.29, 0.717) is 24.3 Å². The maximum absolute atomic E-state index is 14.1. The number of thiol groups is 1. The number of rotatable bonds is 9. The molecule has 2 unspecified atom stereocenters. The van der Waals surface area contributed by atoms with E-state index in [-0.39, 0.29) is 41.9 Å². The van der Waals surface area contributed by atoms with Crippen molar-refractivity contribution in [3.05, 3.63) is 46.5 Å². The molecular formula is C37H52ClN3O10S. The third-order valence-electron chi connectivity index (χ3n) is 10.1. The van der Waals surface area contributed by atoms with Crippen LogP contribution in [0.25, 0.3) is 0 Å². The van der Waals surface area contributed by atoms with Crippen molar-refractivity contribution in [3.63, 3.8) is 0 Å². The molecule has 1 aromatic carbocycles. The predicted molar refractivity (Wildman–Crippen MR) is 198 cm³/mol. The molecule has 4 rings (SSSR count). The Bertz CT molecular complexity index is 1570. The zero-order chi connectivity index (χ0) is 38.5. The summed E-state index contributed by atoms with van der Waals surface area (Å²) in [5, 5.41) is 3.04. The molecule has 8 atom stereocenters. The van der Waals surface area contributed by atoms with E-state index in [4.69, 9.17) is 40.3 Å². The van der Waals surface area contributed by atoms with Crippen molar-refractivity contribution >= 4 is 53.8 Å². The molecule has 2 fully saturated rings. The minimum Gasteiger partial charge on any atom is -0.495 e. The zero-order valence-corrected chi connectivity index (χ0v) is 33.0. The maximum Gasteiger partial charge on any atom is 0.409 e. The summed E-state index contributed by atoms with van der Waals surface area (Å²) in [5.41, 5.74) is -0.141. The van der Waals surface area contributed by atoms with Crippen molar-refractivity contribution in [1.82, 2.24) is 10.2 Å². The number of fused-ring (bicyclic) bond motifs is 5. The molecule has 4 bridgehead atoms. The van der Waals surface area contributed by atoms with Crippen LogP contribution >= 0.6 is 24.2 Å². The number of epoxide rings is 1. The van der Waals surface area contributed by atoms with Gasteiger partial charge in [-0.2, -0.15) is 12.6 Å². The number of hydrogen-bond acceptors (Lipinski definition) is 11. The number of nitrogens with one attached hydrogen (secondary N) is 1. The Morgan fingerprint density at radius 1 is 1.23 bits per heavy atom. The summed E-state index contributed by atoms with van der Waals surface area (Å²) in [6.45, 7) is 9.05. The Balaban J connectivity index is 1.74. The number of nitrogens with zero attached hydrogens (tertiary/aromatic N) is 2. The normalized spacial score (nSPS) is 30.8. The molecular weight excluding hydrogens is 714 g/mol. The van der Waals surface area contributed by atoms with E-state index in [1.54, 1.807) is 20.9 Å². The van der Waals surface area contributed by atoms with Gasteiger partial charge in [0.25, 0.3) is 0 Å². The molecule has 3 heterocycles. The molecule has 288 valence electrons. The third kappa shape index (κ3) is 9.62. The van der Waals surface area contributed by atoms with Gasteiger partial charge in [-0.15, -0.1) is 0 Å². The standard InChI is InChI=1S/C37H52ClN3O10S/c1-21-12-10-11-15-37(51-47-9)20-28(48-35(45)39-37)23(3)33-36(5,50-33)29(49-34(44)24(4)40(6)30(42)14-13-22(2)52)19-31(43)41(7)26-17-25(16-21)18-27(46-8)32(26)38/h10-12,17-18,22-24,28-29,33,52H,13-16,19-20H2,1-9H3,(H,39,45)/b11-10+,21-12+/t22?,23-,24+,28?,29+,33+,36+,37-/m1/s1. The number of benzene rings is 1. The van der Waals surface area contributed by atoms with Gasteiger partial charge in [0.2, 0.25) is 11.8 Å². The lowest BCUT2D eigenvalue weighted by Gasteiger charge is -2.40. The van der Waals surface area contributed by atoms with Gasteiger partial charge in [0.15, 0.2) is 5.72 Å². The van der Waals surface area contributed by atoms with Gasteiger partial charge < -0.3 is 28.7 Å². The van der Waals surface area contributed by atoms with Crippen molar-refractivity contribution in [1.29, 1.82) is 0 Å². The lowest BCUT2D eigenvalue weighted by Crippen LogP contribution is -2.59. The van der Waals surface area contributed by atoms with Crippen molar-refractivity contribution in [2.75, 3.05) is 33.2 Å². The number of anilines is 1. The zero-order valence-electron chi connectivity index (χ0n) is 31.4. The second-order valence-corrected chi connectivity index (χ2v) is 15.5. The number of carbonyl (C=O) groups is 4. The highest BCUT2D eigenvalue weighted by molar-refractivity contribution is 7.80. The van der Waals surface area contributed by atoms with E-state index in [0.717, 1.165) is 11.1 Å². The van der Waals surface area contributed by atoms with Crippen molar-refractivity contribution < 1.29 is 47.9 Å². The molecule has 0 saturated carbocycles. The Hall–Kier alpha value is -3.30. The fourth-order valence-electron chi connectivity index (χ4n) is 6.69. The first-order valence-corrected chi connectivity index (χ1v) is 18.3. The highest BCUT2D eigenvalue weighted by atomic mass is 35.5. The van der Waals surface area contributed by atoms with Gasteiger partial charge in [-0.3, -0.25) is 14.9 Å². The number of allylic oxidation sites excluding steroid dienone is 3. The Kier molecular flexibility index (Phi) is 13.7. The van der Waals surface area contributed by atoms with Gasteiger partial charge in [-0.1, -0.05) is 49.2 Å². The van der Waals surface area contributed by atoms with Gasteiger partial charge >= 0.3 is 12.1 Å². The fourth-order valence-corrected chi connectivity index (χ4v) is 7.13. The molecule has 0 aromatic heterocycles. The largest absolute Gasteiger partial charge is 0.495 e. The van der Waals surface area contributed by atoms with Gasteiger partial charge in [0.1, 0.15) is 34.6 Å². The van der Waals surface area contributed by atoms with Crippen LogP contribution in [0.3, 0.4) is 0 Å². The third-order valence-corrected chi connectivity index (χ3v) is 10.8. The fraction of sp³-hybridized carbons (Fsp3) is 0.622. The van der Waals surface area contributed by atoms with E-state index in [9.17, 15) is 19.2 Å². The van der Waals surface area contributed by atoms with Crippen molar-refractivity contribution in [3.8, 4) is 5.75 Å². The van der Waals surface area contributed by atoms with Gasteiger partial charge in [-0.25, -0.2) is 19.4 Å². The summed E-state index contributed by atoms with van der Waals surface area (Å²) in [5.74, 6) is -1.38.